The van der Waals surface area contributed by atoms with Gasteiger partial charge in [0.2, 0.25) is 0 Å². The topological polar surface area (TPSA) is 16.4 Å². The lowest BCUT2D eigenvalue weighted by Gasteiger charge is -2.26. The van der Waals surface area contributed by atoms with Gasteiger partial charge in [-0.1, -0.05) is 109 Å². The monoisotopic (exact) mass is 643 g/mol. The van der Waals surface area contributed by atoms with Gasteiger partial charge in [0.05, 0.1) is 5.69 Å². The molecule has 0 aliphatic rings. The third kappa shape index (κ3) is 4.70. The highest BCUT2D eigenvalue weighted by molar-refractivity contribution is 7.26. The lowest BCUT2D eigenvalue weighted by molar-refractivity contribution is 0.669. The highest BCUT2D eigenvalue weighted by Crippen LogP contribution is 2.46. The van der Waals surface area contributed by atoms with Crippen LogP contribution in [0.2, 0.25) is 0 Å². The number of benzene rings is 8. The van der Waals surface area contributed by atoms with Crippen molar-refractivity contribution >= 4 is 81.3 Å². The van der Waals surface area contributed by atoms with Crippen molar-refractivity contribution in [2.45, 2.75) is 0 Å². The van der Waals surface area contributed by atoms with E-state index in [2.05, 4.69) is 169 Å². The molecule has 0 unspecified atom stereocenters. The van der Waals surface area contributed by atoms with Gasteiger partial charge in [-0.15, -0.1) is 11.3 Å². The van der Waals surface area contributed by atoms with Gasteiger partial charge in [0.1, 0.15) is 11.2 Å². The molecule has 2 heterocycles. The first-order valence-electron chi connectivity index (χ1n) is 16.6. The molecule has 10 aromatic rings. The minimum absolute atomic E-state index is 0.883. The minimum atomic E-state index is 0.883. The Morgan fingerprint density at radius 1 is 0.388 bits per heavy atom. The SMILES string of the molecule is c1cc(-c2ccc(N(c3ccc4c(c3)oc3ccccc34)c3cccc4sc5ccccc5c34)cc2)cc(-c2ccc3ccccc3c2)c1. The third-order valence-corrected chi connectivity index (χ3v) is 10.8. The Bertz CT molecular complexity index is 2840. The van der Waals surface area contributed by atoms with Crippen molar-refractivity contribution in [2.24, 2.45) is 0 Å². The van der Waals surface area contributed by atoms with Crippen LogP contribution in [0.4, 0.5) is 17.1 Å². The van der Waals surface area contributed by atoms with Crippen LogP contribution in [0.5, 0.6) is 0 Å². The Labute approximate surface area is 287 Å². The molecule has 0 amide bonds. The molecule has 2 aromatic heterocycles. The summed E-state index contributed by atoms with van der Waals surface area (Å²) in [5.41, 5.74) is 9.89. The van der Waals surface area contributed by atoms with E-state index < -0.39 is 0 Å². The largest absolute Gasteiger partial charge is 0.456 e. The summed E-state index contributed by atoms with van der Waals surface area (Å²) in [4.78, 5) is 2.38. The fourth-order valence-electron chi connectivity index (χ4n) is 7.27. The van der Waals surface area contributed by atoms with Crippen LogP contribution < -0.4 is 4.90 Å². The van der Waals surface area contributed by atoms with Crippen molar-refractivity contribution in [1.82, 2.24) is 0 Å². The van der Waals surface area contributed by atoms with E-state index in [9.17, 15) is 0 Å². The summed E-state index contributed by atoms with van der Waals surface area (Å²) in [5.74, 6) is 0. The summed E-state index contributed by atoms with van der Waals surface area (Å²) in [6.45, 7) is 0. The van der Waals surface area contributed by atoms with Gasteiger partial charge in [0.15, 0.2) is 0 Å². The number of furan rings is 1. The van der Waals surface area contributed by atoms with Crippen molar-refractivity contribution < 1.29 is 4.42 Å². The molecular weight excluding hydrogens is 615 g/mol. The summed E-state index contributed by atoms with van der Waals surface area (Å²) in [6, 6.07) is 63.3. The minimum Gasteiger partial charge on any atom is -0.456 e. The average molecular weight is 644 g/mol. The van der Waals surface area contributed by atoms with Gasteiger partial charge >= 0.3 is 0 Å². The van der Waals surface area contributed by atoms with E-state index in [1.165, 1.54) is 53.2 Å². The van der Waals surface area contributed by atoms with E-state index in [1.54, 1.807) is 0 Å². The predicted molar refractivity (Wildman–Crippen MR) is 210 cm³/mol. The first-order valence-corrected chi connectivity index (χ1v) is 17.4. The predicted octanol–water partition coefficient (Wildman–Crippen LogP) is 13.9. The van der Waals surface area contributed by atoms with Gasteiger partial charge < -0.3 is 9.32 Å². The third-order valence-electron chi connectivity index (χ3n) is 9.65. The molecule has 0 radical (unpaired) electrons. The van der Waals surface area contributed by atoms with Crippen molar-refractivity contribution in [1.29, 1.82) is 0 Å². The molecule has 3 heteroatoms. The van der Waals surface area contributed by atoms with Gasteiger partial charge in [-0.3, -0.25) is 0 Å². The first kappa shape index (κ1) is 27.9. The summed E-state index contributed by atoms with van der Waals surface area (Å²) in [7, 11) is 0. The molecule has 0 saturated heterocycles. The zero-order valence-corrected chi connectivity index (χ0v) is 27.3. The molecule has 0 fully saturated rings. The number of anilines is 3. The van der Waals surface area contributed by atoms with Gasteiger partial charge in [0, 0.05) is 48.4 Å². The molecule has 0 saturated carbocycles. The van der Waals surface area contributed by atoms with Crippen LogP contribution in [0.25, 0.3) is 75.1 Å². The van der Waals surface area contributed by atoms with Crippen LogP contribution >= 0.6 is 11.3 Å². The average Bonchev–Trinajstić information content (AvgIpc) is 3.74. The maximum Gasteiger partial charge on any atom is 0.137 e. The molecule has 49 heavy (non-hydrogen) atoms. The highest BCUT2D eigenvalue weighted by Gasteiger charge is 2.20. The Morgan fingerprint density at radius 2 is 1.04 bits per heavy atom. The van der Waals surface area contributed by atoms with Crippen LogP contribution in [0.3, 0.4) is 0 Å². The van der Waals surface area contributed by atoms with Crippen LogP contribution in [0.15, 0.2) is 180 Å². The highest BCUT2D eigenvalue weighted by atomic mass is 32.1. The number of fused-ring (bicyclic) bond motifs is 7. The summed E-state index contributed by atoms with van der Waals surface area (Å²) in [5, 5.41) is 7.31. The zero-order valence-electron chi connectivity index (χ0n) is 26.5. The second-order valence-electron chi connectivity index (χ2n) is 12.6. The standard InChI is InChI=1S/C46H29NOS/c1-2-10-32-28-35(20-19-30(32)9-1)34-12-7-11-33(27-34)31-21-23-36(24-22-31)47(37-25-26-39-38-13-3-5-16-42(38)48-43(39)29-37)41-15-8-18-45-46(41)40-14-4-6-17-44(40)49-45/h1-29H. The molecule has 0 spiro atoms. The van der Waals surface area contributed by atoms with Crippen molar-refractivity contribution in [2.75, 3.05) is 4.90 Å². The first-order chi connectivity index (χ1) is 24.3. The quantitative estimate of drug-likeness (QED) is 0.186. The molecule has 0 aliphatic heterocycles. The van der Waals surface area contributed by atoms with Gasteiger partial charge in [-0.2, -0.15) is 0 Å². The fraction of sp³-hybridized carbons (Fsp3) is 0. The zero-order chi connectivity index (χ0) is 32.3. The molecule has 2 nitrogen and oxygen atoms in total. The van der Waals surface area contributed by atoms with Crippen LogP contribution in [0, 0.1) is 0 Å². The maximum atomic E-state index is 6.38. The number of para-hydroxylation sites is 1. The lowest BCUT2D eigenvalue weighted by atomic mass is 9.97. The molecule has 0 atom stereocenters. The molecule has 0 aliphatic carbocycles. The van der Waals surface area contributed by atoms with Crippen LogP contribution in [0.1, 0.15) is 0 Å². The van der Waals surface area contributed by atoms with E-state index >= 15 is 0 Å². The second kappa shape index (κ2) is 11.2. The Hall–Kier alpha value is -6.16. The van der Waals surface area contributed by atoms with E-state index in [0.717, 1.165) is 39.0 Å². The van der Waals surface area contributed by atoms with E-state index in [1.807, 2.05) is 23.5 Å². The Morgan fingerprint density at radius 3 is 1.94 bits per heavy atom. The smallest absolute Gasteiger partial charge is 0.137 e. The molecule has 0 bridgehead atoms. The van der Waals surface area contributed by atoms with E-state index in [-0.39, 0.29) is 0 Å². The normalized spacial score (nSPS) is 11.7. The maximum absolute atomic E-state index is 6.38. The van der Waals surface area contributed by atoms with Gasteiger partial charge in [0.25, 0.3) is 0 Å². The Balaban J connectivity index is 1.11. The molecule has 230 valence electrons. The second-order valence-corrected chi connectivity index (χ2v) is 13.6. The van der Waals surface area contributed by atoms with Crippen LogP contribution in [-0.2, 0) is 0 Å². The van der Waals surface area contributed by atoms with Gasteiger partial charge in [-0.25, -0.2) is 0 Å². The number of hydrogen-bond acceptors (Lipinski definition) is 3. The van der Waals surface area contributed by atoms with Crippen molar-refractivity contribution in [3.8, 4) is 22.3 Å². The lowest BCUT2D eigenvalue weighted by Crippen LogP contribution is -2.10. The Kier molecular flexibility index (Phi) is 6.39. The van der Waals surface area contributed by atoms with E-state index in [0.29, 0.717) is 0 Å². The van der Waals surface area contributed by atoms with Crippen molar-refractivity contribution in [3.63, 3.8) is 0 Å². The molecular formula is C46H29NOS. The number of hydrogen-bond donors (Lipinski definition) is 0. The molecule has 0 N–H and O–H groups in total. The molecule has 10 rings (SSSR count). The number of thiophene rings is 1. The van der Waals surface area contributed by atoms with Crippen LogP contribution in [-0.4, -0.2) is 0 Å². The number of nitrogens with zero attached hydrogens (tertiary/aromatic N) is 1. The van der Waals surface area contributed by atoms with Crippen molar-refractivity contribution in [3.05, 3.63) is 176 Å². The number of rotatable bonds is 5. The van der Waals surface area contributed by atoms with E-state index in [4.69, 9.17) is 4.42 Å². The molecule has 8 aromatic carbocycles. The summed E-state index contributed by atoms with van der Waals surface area (Å²) < 4.78 is 8.95. The fourth-order valence-corrected chi connectivity index (χ4v) is 8.40. The summed E-state index contributed by atoms with van der Waals surface area (Å²) >= 11 is 1.84. The van der Waals surface area contributed by atoms with Gasteiger partial charge in [-0.05, 0) is 93.7 Å². The summed E-state index contributed by atoms with van der Waals surface area (Å²) in [6.07, 6.45) is 0.